The van der Waals surface area contributed by atoms with Crippen LogP contribution in [0.1, 0.15) is 13.8 Å². The highest BCUT2D eigenvalue weighted by atomic mass is 32.3. The largest absolute Gasteiger partial charge is 0.394 e. The Morgan fingerprint density at radius 1 is 1.05 bits per heavy atom. The van der Waals surface area contributed by atoms with E-state index < -0.39 is 25.7 Å². The van der Waals surface area contributed by atoms with Gasteiger partial charge in [-0.15, -0.1) is 0 Å². The van der Waals surface area contributed by atoms with Crippen molar-refractivity contribution < 1.29 is 40.0 Å². The molecule has 5 N–H and O–H groups in total. The number of nitrogens with one attached hydrogen (secondary N) is 1. The van der Waals surface area contributed by atoms with Crippen LogP contribution in [0.3, 0.4) is 0 Å². The summed E-state index contributed by atoms with van der Waals surface area (Å²) in [6, 6.07) is 0. The van der Waals surface area contributed by atoms with Gasteiger partial charge in [-0.05, 0) is 18.0 Å². The molecule has 3 heterocycles. The molecular weight excluding hydrogens is 542 g/mol. The molecule has 3 aromatic rings. The third-order valence-electron chi connectivity index (χ3n) is 4.77. The summed E-state index contributed by atoms with van der Waals surface area (Å²) < 4.78 is 67.9. The molecule has 3 rings (SSSR count). The Hall–Kier alpha value is -3.34. The molecule has 0 unspecified atom stereocenters. The summed E-state index contributed by atoms with van der Waals surface area (Å²) in [5, 5.41) is 24.7. The second kappa shape index (κ2) is 12.8. The number of hydrogen-bond acceptors (Lipinski definition) is 11. The molecule has 0 saturated carbocycles. The Kier molecular flexibility index (Phi) is 10.9. The predicted octanol–water partition coefficient (Wildman–Crippen LogP) is -0.406. The normalized spacial score (nSPS) is 11.6. The molecule has 0 radical (unpaired) electrons. The number of likely N-dealkylation sites (N-methyl/N-ethyl adjacent to an activating group) is 1. The zero-order valence-corrected chi connectivity index (χ0v) is 21.7. The Balaban J connectivity index is 0.000000583. The maximum absolute atomic E-state index is 11.1. The van der Waals surface area contributed by atoms with Gasteiger partial charge in [0.05, 0.1) is 18.8 Å². The van der Waals surface area contributed by atoms with Gasteiger partial charge in [-0.1, -0.05) is 13.8 Å². The molecule has 0 atom stereocenters. The first-order valence-corrected chi connectivity index (χ1v) is 12.9. The van der Waals surface area contributed by atoms with Crippen molar-refractivity contribution in [1.82, 2.24) is 33.8 Å². The van der Waals surface area contributed by atoms with Crippen LogP contribution in [0, 0.1) is 15.5 Å². The van der Waals surface area contributed by atoms with Crippen LogP contribution in [-0.4, -0.2) is 93.4 Å². The van der Waals surface area contributed by atoms with Gasteiger partial charge in [-0.3, -0.25) is 23.6 Å². The van der Waals surface area contributed by atoms with E-state index in [9.17, 15) is 10.1 Å². The van der Waals surface area contributed by atoms with Gasteiger partial charge in [0.2, 0.25) is 5.82 Å². The van der Waals surface area contributed by atoms with Gasteiger partial charge in [-0.25, -0.2) is 19.2 Å². The van der Waals surface area contributed by atoms with E-state index in [1.807, 2.05) is 0 Å². The minimum Gasteiger partial charge on any atom is -0.358 e. The average molecular weight is 570 g/mol. The van der Waals surface area contributed by atoms with Crippen molar-refractivity contribution in [2.45, 2.75) is 20.4 Å². The Labute approximate surface area is 210 Å². The SMILES string of the molecule is CCN(CC)CCn1cnc2c(c(-c3ncc([N+](=O)[O-])n3C)nn2C)c1=N.O=S(=O)(O)O.O=S(=O)(O)O. The van der Waals surface area contributed by atoms with E-state index in [1.54, 1.807) is 29.7 Å². The van der Waals surface area contributed by atoms with Gasteiger partial charge in [0, 0.05) is 20.1 Å². The van der Waals surface area contributed by atoms with E-state index in [2.05, 4.69) is 33.8 Å². The summed E-state index contributed by atoms with van der Waals surface area (Å²) in [5.41, 5.74) is 1.22. The fourth-order valence-electron chi connectivity index (χ4n) is 3.11. The molecular formula is C16H27N9O10S2. The van der Waals surface area contributed by atoms with E-state index >= 15 is 0 Å². The smallest absolute Gasteiger partial charge is 0.358 e. The number of fused-ring (bicyclic) bond motifs is 1. The molecule has 0 aromatic carbocycles. The van der Waals surface area contributed by atoms with Crippen molar-refractivity contribution in [1.29, 1.82) is 5.41 Å². The summed E-state index contributed by atoms with van der Waals surface area (Å²) in [4.78, 5) is 21.5. The zero-order valence-electron chi connectivity index (χ0n) is 20.1. The molecule has 0 aliphatic heterocycles. The Bertz CT molecular complexity index is 1460. The van der Waals surface area contributed by atoms with Gasteiger partial charge < -0.3 is 19.6 Å². The summed E-state index contributed by atoms with van der Waals surface area (Å²) in [6.45, 7) is 7.51. The molecule has 0 aliphatic carbocycles. The number of aryl methyl sites for hydroxylation is 1. The third kappa shape index (κ3) is 9.91. The van der Waals surface area contributed by atoms with Crippen LogP contribution in [0.5, 0.6) is 0 Å². The first-order chi connectivity index (χ1) is 16.9. The van der Waals surface area contributed by atoms with Crippen LogP contribution < -0.4 is 5.49 Å². The first kappa shape index (κ1) is 31.7. The maximum Gasteiger partial charge on any atom is 0.394 e. The van der Waals surface area contributed by atoms with E-state index in [1.165, 1.54) is 10.8 Å². The minimum absolute atomic E-state index is 0.131. The van der Waals surface area contributed by atoms with Crippen LogP contribution in [0.2, 0.25) is 0 Å². The summed E-state index contributed by atoms with van der Waals surface area (Å²) in [6.07, 6.45) is 2.84. The van der Waals surface area contributed by atoms with Crippen LogP contribution in [0.25, 0.3) is 22.6 Å². The molecule has 0 spiro atoms. The van der Waals surface area contributed by atoms with Crippen molar-refractivity contribution in [3.05, 3.63) is 28.1 Å². The molecule has 0 aliphatic rings. The lowest BCUT2D eigenvalue weighted by molar-refractivity contribution is -0.391. The van der Waals surface area contributed by atoms with E-state index in [4.69, 9.17) is 40.5 Å². The van der Waals surface area contributed by atoms with Crippen LogP contribution in [0.15, 0.2) is 12.5 Å². The third-order valence-corrected chi connectivity index (χ3v) is 4.77. The molecule has 0 fully saturated rings. The molecule has 0 bridgehead atoms. The fourth-order valence-corrected chi connectivity index (χ4v) is 3.11. The lowest BCUT2D eigenvalue weighted by Crippen LogP contribution is -2.31. The lowest BCUT2D eigenvalue weighted by atomic mass is 10.2. The average Bonchev–Trinajstić information content (AvgIpc) is 3.28. The standard InChI is InChI=1S/C16H23N9O2.2H2O4S/c1-5-23(6-2)7-8-24-10-19-15-12(14(24)17)13(20-22(15)4)16-18-9-11(21(16)3)25(26)27;2*1-5(2,3)4/h9-10,17H,5-8H2,1-4H3;2*(H2,1,2,3,4). The number of nitro groups is 1. The number of nitrogens with zero attached hydrogens (tertiary/aromatic N) is 8. The minimum atomic E-state index is -4.67. The van der Waals surface area contributed by atoms with Crippen molar-refractivity contribution in [3.63, 3.8) is 0 Å². The van der Waals surface area contributed by atoms with Gasteiger partial charge in [-0.2, -0.15) is 21.9 Å². The molecule has 3 aromatic heterocycles. The quantitative estimate of drug-likeness (QED) is 0.137. The second-order valence-electron chi connectivity index (χ2n) is 7.14. The molecule has 19 nitrogen and oxygen atoms in total. The van der Waals surface area contributed by atoms with Gasteiger partial charge >= 0.3 is 26.6 Å². The van der Waals surface area contributed by atoms with Gasteiger partial charge in [0.15, 0.2) is 11.3 Å². The number of imidazole rings is 1. The lowest BCUT2D eigenvalue weighted by Gasteiger charge is -2.18. The Morgan fingerprint density at radius 2 is 1.57 bits per heavy atom. The maximum atomic E-state index is 11.1. The van der Waals surface area contributed by atoms with Crippen molar-refractivity contribution in [2.75, 3.05) is 19.6 Å². The fraction of sp³-hybridized carbons (Fsp3) is 0.500. The molecule has 0 saturated heterocycles. The summed E-state index contributed by atoms with van der Waals surface area (Å²) in [7, 11) is -6.04. The highest BCUT2D eigenvalue weighted by Gasteiger charge is 2.25. The molecule has 0 amide bonds. The molecule has 21 heteroatoms. The van der Waals surface area contributed by atoms with E-state index in [0.717, 1.165) is 19.6 Å². The van der Waals surface area contributed by atoms with Crippen molar-refractivity contribution >= 4 is 37.6 Å². The van der Waals surface area contributed by atoms with Gasteiger partial charge in [0.25, 0.3) is 0 Å². The molecule has 208 valence electrons. The van der Waals surface area contributed by atoms with Crippen LogP contribution in [-0.2, 0) is 41.4 Å². The van der Waals surface area contributed by atoms with E-state index in [0.29, 0.717) is 29.1 Å². The second-order valence-corrected chi connectivity index (χ2v) is 8.93. The Morgan fingerprint density at radius 3 is 2.00 bits per heavy atom. The zero-order chi connectivity index (χ0) is 28.7. The monoisotopic (exact) mass is 569 g/mol. The number of hydrogen-bond donors (Lipinski definition) is 5. The van der Waals surface area contributed by atoms with Gasteiger partial charge in [0.1, 0.15) is 11.7 Å². The summed E-state index contributed by atoms with van der Waals surface area (Å²) in [5.74, 6) is 0.206. The van der Waals surface area contributed by atoms with E-state index in [-0.39, 0.29) is 11.3 Å². The van der Waals surface area contributed by atoms with Crippen molar-refractivity contribution in [3.8, 4) is 11.5 Å². The molecule has 37 heavy (non-hydrogen) atoms. The summed E-state index contributed by atoms with van der Waals surface area (Å²) >= 11 is 0. The number of aromatic nitrogens is 6. The topological polar surface area (TPSA) is 273 Å². The van der Waals surface area contributed by atoms with Crippen LogP contribution in [0.4, 0.5) is 5.82 Å². The van der Waals surface area contributed by atoms with Crippen LogP contribution >= 0.6 is 0 Å². The van der Waals surface area contributed by atoms with Crippen molar-refractivity contribution in [2.24, 2.45) is 14.1 Å². The predicted molar refractivity (Wildman–Crippen MR) is 127 cm³/mol. The first-order valence-electron chi connectivity index (χ1n) is 10.1. The number of rotatable bonds is 7. The highest BCUT2D eigenvalue weighted by molar-refractivity contribution is 7.80. The highest BCUT2D eigenvalue weighted by Crippen LogP contribution is 2.25.